The van der Waals surface area contributed by atoms with Gasteiger partial charge in [-0.25, -0.2) is 9.97 Å². The van der Waals surface area contributed by atoms with Gasteiger partial charge in [0.15, 0.2) is 0 Å². The number of halogens is 1. The second-order valence-electron chi connectivity index (χ2n) is 5.81. The van der Waals surface area contributed by atoms with Crippen molar-refractivity contribution in [3.63, 3.8) is 0 Å². The van der Waals surface area contributed by atoms with Gasteiger partial charge in [-0.1, -0.05) is 26.8 Å². The summed E-state index contributed by atoms with van der Waals surface area (Å²) < 4.78 is 5.52. The minimum atomic E-state index is -0.208. The Morgan fingerprint density at radius 3 is 2.57 bits per heavy atom. The number of rotatable bonds is 3. The molecule has 2 aromatic rings. The van der Waals surface area contributed by atoms with Crippen molar-refractivity contribution in [2.75, 3.05) is 7.11 Å². The number of hydrogen-bond acceptors (Lipinski definition) is 4. The molecule has 2 heterocycles. The fourth-order valence-corrected chi connectivity index (χ4v) is 2.70. The van der Waals surface area contributed by atoms with Gasteiger partial charge in [0, 0.05) is 24.1 Å². The highest BCUT2D eigenvalue weighted by Gasteiger charge is 2.22. The largest absolute Gasteiger partial charge is 0.481 e. The van der Waals surface area contributed by atoms with Crippen molar-refractivity contribution < 1.29 is 4.74 Å². The Bertz CT molecular complexity index is 688. The molecular weight excluding hydrogens is 334 g/mol. The van der Waals surface area contributed by atoms with Crippen LogP contribution in [0.1, 0.15) is 37.9 Å². The van der Waals surface area contributed by atoms with Gasteiger partial charge in [-0.15, -0.1) is 0 Å². The molecule has 0 saturated heterocycles. The van der Waals surface area contributed by atoms with Gasteiger partial charge in [0.2, 0.25) is 5.88 Å². The molecule has 5 nitrogen and oxygen atoms in total. The highest BCUT2D eigenvalue weighted by molar-refractivity contribution is 9.10. The first-order chi connectivity index (χ1) is 9.81. The van der Waals surface area contributed by atoms with Crippen LogP contribution in [0.4, 0.5) is 0 Å². The topological polar surface area (TPSA) is 67.9 Å². The summed E-state index contributed by atoms with van der Waals surface area (Å²) >= 11 is 3.32. The van der Waals surface area contributed by atoms with Crippen molar-refractivity contribution in [2.45, 2.75) is 32.6 Å². The van der Waals surface area contributed by atoms with Gasteiger partial charge in [0.1, 0.15) is 10.3 Å². The van der Waals surface area contributed by atoms with Crippen LogP contribution in [0.15, 0.2) is 27.6 Å². The Hall–Kier alpha value is -1.69. The highest BCUT2D eigenvalue weighted by Crippen LogP contribution is 2.25. The number of aromatic amines is 1. The number of aromatic nitrogens is 3. The van der Waals surface area contributed by atoms with Crippen LogP contribution in [0.5, 0.6) is 5.88 Å². The Morgan fingerprint density at radius 2 is 2.05 bits per heavy atom. The molecule has 1 N–H and O–H groups in total. The lowest BCUT2D eigenvalue weighted by Crippen LogP contribution is -2.23. The van der Waals surface area contributed by atoms with E-state index in [4.69, 9.17) is 4.74 Å². The zero-order chi connectivity index (χ0) is 15.6. The minimum Gasteiger partial charge on any atom is -0.481 e. The molecule has 0 radical (unpaired) electrons. The Morgan fingerprint density at radius 1 is 1.33 bits per heavy atom. The zero-order valence-corrected chi connectivity index (χ0v) is 14.1. The number of hydrogen-bond donors (Lipinski definition) is 1. The van der Waals surface area contributed by atoms with Gasteiger partial charge in [0.25, 0.3) is 5.56 Å². The monoisotopic (exact) mass is 351 g/mol. The molecule has 0 amide bonds. The third-order valence-corrected chi connectivity index (χ3v) is 3.74. The van der Waals surface area contributed by atoms with Gasteiger partial charge in [-0.05, 0) is 21.5 Å². The standard InChI is InChI=1S/C15H18BrN3O2/c1-15(2,3)13-12(16)14(20)19-10(18-13)7-9-5-6-11(21-4)17-8-9/h5-6,8H,7H2,1-4H3,(H,18,19,20). The van der Waals surface area contributed by atoms with Crippen LogP contribution in [0, 0.1) is 0 Å². The SMILES string of the molecule is COc1ccc(Cc2nc(C(C)(C)C)c(Br)c(=O)[nH]2)cn1. The predicted octanol–water partition coefficient (Wildman–Crippen LogP) is 2.82. The van der Waals surface area contributed by atoms with Crippen LogP contribution in [0.2, 0.25) is 0 Å². The summed E-state index contributed by atoms with van der Waals surface area (Å²) in [7, 11) is 1.57. The summed E-state index contributed by atoms with van der Waals surface area (Å²) in [6.07, 6.45) is 2.24. The van der Waals surface area contributed by atoms with Crippen LogP contribution in [-0.2, 0) is 11.8 Å². The van der Waals surface area contributed by atoms with Crippen LogP contribution in [-0.4, -0.2) is 22.1 Å². The lowest BCUT2D eigenvalue weighted by Gasteiger charge is -2.19. The van der Waals surface area contributed by atoms with Gasteiger partial charge >= 0.3 is 0 Å². The van der Waals surface area contributed by atoms with Crippen LogP contribution in [0.25, 0.3) is 0 Å². The molecule has 0 aliphatic heterocycles. The maximum Gasteiger partial charge on any atom is 0.265 e. The highest BCUT2D eigenvalue weighted by atomic mass is 79.9. The van der Waals surface area contributed by atoms with Crippen molar-refractivity contribution in [3.05, 3.63) is 50.2 Å². The first-order valence-corrected chi connectivity index (χ1v) is 7.38. The molecule has 21 heavy (non-hydrogen) atoms. The maximum atomic E-state index is 12.0. The maximum absolute atomic E-state index is 12.0. The van der Waals surface area contributed by atoms with Gasteiger partial charge in [-0.3, -0.25) is 4.79 Å². The van der Waals surface area contributed by atoms with Gasteiger partial charge in [-0.2, -0.15) is 0 Å². The van der Waals surface area contributed by atoms with E-state index in [0.29, 0.717) is 22.6 Å². The number of nitrogens with zero attached hydrogens (tertiary/aromatic N) is 2. The summed E-state index contributed by atoms with van der Waals surface area (Å²) in [5, 5.41) is 0. The molecule has 0 aliphatic carbocycles. The summed E-state index contributed by atoms with van der Waals surface area (Å²) in [6, 6.07) is 3.70. The molecule has 2 rings (SSSR count). The van der Waals surface area contributed by atoms with Crippen molar-refractivity contribution in [1.82, 2.24) is 15.0 Å². The predicted molar refractivity (Wildman–Crippen MR) is 84.9 cm³/mol. The third kappa shape index (κ3) is 3.69. The van der Waals surface area contributed by atoms with Crippen molar-refractivity contribution >= 4 is 15.9 Å². The van der Waals surface area contributed by atoms with E-state index in [9.17, 15) is 4.79 Å². The zero-order valence-electron chi connectivity index (χ0n) is 12.5. The van der Waals surface area contributed by atoms with Gasteiger partial charge in [0.05, 0.1) is 12.8 Å². The molecule has 6 heteroatoms. The minimum absolute atomic E-state index is 0.161. The fourth-order valence-electron chi connectivity index (χ4n) is 1.92. The average Bonchev–Trinajstić information content (AvgIpc) is 2.42. The lowest BCUT2D eigenvalue weighted by molar-refractivity contribution is 0.397. The normalized spacial score (nSPS) is 11.5. The van der Waals surface area contributed by atoms with Crippen molar-refractivity contribution in [3.8, 4) is 5.88 Å². The second kappa shape index (κ2) is 5.97. The van der Waals surface area contributed by atoms with E-state index >= 15 is 0 Å². The van der Waals surface area contributed by atoms with E-state index in [1.807, 2.05) is 26.8 Å². The Labute approximate surface area is 131 Å². The van der Waals surface area contributed by atoms with E-state index in [2.05, 4.69) is 30.9 Å². The van der Waals surface area contributed by atoms with E-state index in [0.717, 1.165) is 11.3 Å². The molecule has 0 aliphatic rings. The molecule has 0 fully saturated rings. The number of pyridine rings is 1. The van der Waals surface area contributed by atoms with Crippen molar-refractivity contribution in [1.29, 1.82) is 0 Å². The van der Waals surface area contributed by atoms with Crippen molar-refractivity contribution in [2.24, 2.45) is 0 Å². The van der Waals surface area contributed by atoms with Crippen LogP contribution >= 0.6 is 15.9 Å². The second-order valence-corrected chi connectivity index (χ2v) is 6.60. The summed E-state index contributed by atoms with van der Waals surface area (Å²) in [4.78, 5) is 23.5. The summed E-state index contributed by atoms with van der Waals surface area (Å²) in [6.45, 7) is 6.08. The van der Waals surface area contributed by atoms with E-state index in [-0.39, 0.29) is 11.0 Å². The molecule has 0 atom stereocenters. The molecule has 112 valence electrons. The molecule has 0 bridgehead atoms. The number of methoxy groups -OCH3 is 1. The molecule has 0 unspecified atom stereocenters. The quantitative estimate of drug-likeness (QED) is 0.922. The first kappa shape index (κ1) is 15.7. The Kier molecular flexibility index (Phi) is 4.46. The average molecular weight is 352 g/mol. The molecule has 0 aromatic carbocycles. The molecular formula is C15H18BrN3O2. The fraction of sp³-hybridized carbons (Fsp3) is 0.400. The number of ether oxygens (including phenoxy) is 1. The van der Waals surface area contributed by atoms with E-state index in [1.165, 1.54) is 0 Å². The Balaban J connectivity index is 2.36. The van der Waals surface area contributed by atoms with Gasteiger partial charge < -0.3 is 9.72 Å². The molecule has 2 aromatic heterocycles. The molecule has 0 spiro atoms. The summed E-state index contributed by atoms with van der Waals surface area (Å²) in [5.74, 6) is 1.19. The molecule has 0 saturated carbocycles. The first-order valence-electron chi connectivity index (χ1n) is 6.59. The van der Waals surface area contributed by atoms with Crippen LogP contribution < -0.4 is 10.3 Å². The summed E-state index contributed by atoms with van der Waals surface area (Å²) in [5.41, 5.74) is 1.34. The number of nitrogens with one attached hydrogen (secondary N) is 1. The van der Waals surface area contributed by atoms with E-state index in [1.54, 1.807) is 19.4 Å². The third-order valence-electron chi connectivity index (χ3n) is 3.00. The smallest absolute Gasteiger partial charge is 0.265 e. The van der Waals surface area contributed by atoms with E-state index < -0.39 is 0 Å². The lowest BCUT2D eigenvalue weighted by atomic mass is 9.92. The number of H-pyrrole nitrogens is 1. The van der Waals surface area contributed by atoms with Crippen LogP contribution in [0.3, 0.4) is 0 Å².